The number of hydrogen-bond donors (Lipinski definition) is 3. The molecule has 6 heterocycles. The van der Waals surface area contributed by atoms with Crippen molar-refractivity contribution in [3.63, 3.8) is 0 Å². The second-order valence-corrected chi connectivity index (χ2v) is 19.7. The summed E-state index contributed by atoms with van der Waals surface area (Å²) in [5, 5.41) is 18.4. The van der Waals surface area contributed by atoms with E-state index in [1.807, 2.05) is 19.2 Å². The van der Waals surface area contributed by atoms with Gasteiger partial charge in [0.2, 0.25) is 0 Å². The minimum Gasteiger partial charge on any atom is -0.496 e. The van der Waals surface area contributed by atoms with Crippen LogP contribution in [0.5, 0.6) is 5.75 Å². The van der Waals surface area contributed by atoms with Gasteiger partial charge in [-0.3, -0.25) is 24.2 Å². The van der Waals surface area contributed by atoms with E-state index in [1.165, 1.54) is 19.6 Å². The van der Waals surface area contributed by atoms with Gasteiger partial charge >= 0.3 is 11.9 Å². The number of aliphatic hydroxyl groups is 1. The second kappa shape index (κ2) is 16.0. The smallest absolute Gasteiger partial charge is 0.322 e. The van der Waals surface area contributed by atoms with Gasteiger partial charge in [0, 0.05) is 90.9 Å². The number of halogens is 1. The van der Waals surface area contributed by atoms with Gasteiger partial charge in [-0.2, -0.15) is 0 Å². The molecular weight excluding hydrogens is 842 g/mol. The van der Waals surface area contributed by atoms with E-state index in [2.05, 4.69) is 81.3 Å². The standard InChI is InChI=1S/C52H60ClN5O7/c1-7-32-24-33-27-51(48(61)64-6,43-35(18-22-57(28-32)29-33)34-14-10-12-17-40(34)55-43)38-25-37-41(26-42(38)63-5)56(4)46-50(37)20-23-58-21-13-19-49(8-2,45(50)58)47(65-31(3)59)52(46,62)30-54-44(60)36-15-9-11-16-39(36)53/h9-17,19,24-26,33,45-47,55,62H,7-8,18,20-23,27-30H2,1-6H3,(H,54,60)/t33-,45+,46-,47-,49-,50-,51+,52+/m1/s1. The van der Waals surface area contributed by atoms with Crippen LogP contribution >= 0.6 is 11.6 Å². The largest absolute Gasteiger partial charge is 0.496 e. The molecule has 6 aliphatic rings. The van der Waals surface area contributed by atoms with Crippen molar-refractivity contribution in [2.45, 2.75) is 87.5 Å². The van der Waals surface area contributed by atoms with Crippen LogP contribution in [0.4, 0.5) is 5.69 Å². The monoisotopic (exact) mass is 901 g/mol. The fourth-order valence-corrected chi connectivity index (χ4v) is 14.2. The number of carbonyl (C=O) groups excluding carboxylic acids is 3. The number of anilines is 1. The molecule has 5 aliphatic heterocycles. The predicted octanol–water partition coefficient (Wildman–Crippen LogP) is 6.71. The fraction of sp³-hybridized carbons (Fsp3) is 0.481. The zero-order valence-corrected chi connectivity index (χ0v) is 39.0. The topological polar surface area (TPSA) is 137 Å². The highest BCUT2D eigenvalue weighted by Crippen LogP contribution is 2.68. The summed E-state index contributed by atoms with van der Waals surface area (Å²) in [5.41, 5.74) is 2.17. The number of aromatic amines is 1. The average Bonchev–Trinajstić information content (AvgIpc) is 3.97. The first-order valence-corrected chi connectivity index (χ1v) is 23.6. The Balaban J connectivity index is 1.24. The Morgan fingerprint density at radius 3 is 2.54 bits per heavy atom. The Morgan fingerprint density at radius 2 is 1.80 bits per heavy atom. The molecule has 2 fully saturated rings. The number of nitrogens with one attached hydrogen (secondary N) is 2. The van der Waals surface area contributed by atoms with Gasteiger partial charge in [-0.15, -0.1) is 0 Å². The van der Waals surface area contributed by atoms with Gasteiger partial charge in [-0.1, -0.05) is 79.6 Å². The van der Waals surface area contributed by atoms with E-state index in [1.54, 1.807) is 31.4 Å². The van der Waals surface area contributed by atoms with Crippen LogP contribution < -0.4 is 15.0 Å². The number of aromatic nitrogens is 1. The molecule has 10 rings (SSSR count). The number of rotatable bonds is 9. The van der Waals surface area contributed by atoms with Crippen molar-refractivity contribution < 1.29 is 33.7 Å². The number of likely N-dealkylation sites (N-methyl/N-ethyl adjacent to an activating group) is 1. The summed E-state index contributed by atoms with van der Waals surface area (Å²) < 4.78 is 18.9. The van der Waals surface area contributed by atoms with Crippen molar-refractivity contribution >= 4 is 46.0 Å². The van der Waals surface area contributed by atoms with Gasteiger partial charge in [0.05, 0.1) is 37.4 Å². The van der Waals surface area contributed by atoms with E-state index in [9.17, 15) is 14.7 Å². The number of amides is 1. The molecule has 12 nitrogen and oxygen atoms in total. The predicted molar refractivity (Wildman–Crippen MR) is 251 cm³/mol. The van der Waals surface area contributed by atoms with Crippen LogP contribution in [0.25, 0.3) is 10.9 Å². The van der Waals surface area contributed by atoms with Gasteiger partial charge in [0.15, 0.2) is 0 Å². The summed E-state index contributed by atoms with van der Waals surface area (Å²) in [5.74, 6) is -0.793. The number of carbonyl (C=O) groups is 3. The summed E-state index contributed by atoms with van der Waals surface area (Å²) in [6.07, 6.45) is 8.90. The molecule has 1 saturated carbocycles. The van der Waals surface area contributed by atoms with E-state index >= 15 is 4.79 Å². The first kappa shape index (κ1) is 43.7. The number of hydrogen-bond acceptors (Lipinski definition) is 10. The van der Waals surface area contributed by atoms with Crippen LogP contribution in [-0.4, -0.2) is 122 Å². The van der Waals surface area contributed by atoms with Gasteiger partial charge in [-0.05, 0) is 80.0 Å². The highest BCUT2D eigenvalue weighted by molar-refractivity contribution is 6.33. The quantitative estimate of drug-likeness (QED) is 0.123. The zero-order chi connectivity index (χ0) is 45.6. The molecular formula is C52H60ClN5O7. The van der Waals surface area contributed by atoms with Gasteiger partial charge in [0.25, 0.3) is 5.91 Å². The Kier molecular flexibility index (Phi) is 10.8. The first-order valence-electron chi connectivity index (χ1n) is 23.2. The van der Waals surface area contributed by atoms with Crippen LogP contribution in [-0.2, 0) is 36.3 Å². The average molecular weight is 903 g/mol. The lowest BCUT2D eigenvalue weighted by Crippen LogP contribution is -2.81. The normalized spacial score (nSPS) is 32.2. The molecule has 0 radical (unpaired) electrons. The van der Waals surface area contributed by atoms with E-state index in [0.29, 0.717) is 43.7 Å². The number of H-pyrrole nitrogens is 1. The van der Waals surface area contributed by atoms with E-state index in [0.717, 1.165) is 65.9 Å². The molecule has 3 aromatic carbocycles. The molecule has 1 spiro atoms. The van der Waals surface area contributed by atoms with Crippen molar-refractivity contribution in [2.75, 3.05) is 65.4 Å². The van der Waals surface area contributed by atoms with Crippen molar-refractivity contribution in [2.24, 2.45) is 11.3 Å². The van der Waals surface area contributed by atoms with Crippen LogP contribution in [0.3, 0.4) is 0 Å². The second-order valence-electron chi connectivity index (χ2n) is 19.3. The molecule has 1 aromatic heterocycles. The summed E-state index contributed by atoms with van der Waals surface area (Å²) >= 11 is 6.54. The van der Waals surface area contributed by atoms with Crippen molar-refractivity contribution in [3.05, 3.63) is 117 Å². The maximum absolute atomic E-state index is 15.5. The third kappa shape index (κ3) is 6.22. The molecule has 1 saturated heterocycles. The lowest BCUT2D eigenvalue weighted by molar-refractivity contribution is -0.216. The summed E-state index contributed by atoms with van der Waals surface area (Å²) in [6.45, 7) is 9.38. The Hall–Kier alpha value is -5.14. The summed E-state index contributed by atoms with van der Waals surface area (Å²) in [7, 11) is 5.11. The summed E-state index contributed by atoms with van der Waals surface area (Å²) in [4.78, 5) is 53.8. The van der Waals surface area contributed by atoms with E-state index in [4.69, 9.17) is 25.8 Å². The molecule has 1 unspecified atom stereocenters. The Bertz CT molecular complexity index is 2660. The van der Waals surface area contributed by atoms with Crippen molar-refractivity contribution in [1.82, 2.24) is 20.1 Å². The number of para-hydroxylation sites is 1. The Labute approximate surface area is 385 Å². The third-order valence-corrected chi connectivity index (χ3v) is 16.6. The van der Waals surface area contributed by atoms with Gasteiger partial charge in [0.1, 0.15) is 22.9 Å². The molecule has 65 heavy (non-hydrogen) atoms. The summed E-state index contributed by atoms with van der Waals surface area (Å²) in [6, 6.07) is 18.4. The minimum absolute atomic E-state index is 0.0193. The highest BCUT2D eigenvalue weighted by atomic mass is 35.5. The van der Waals surface area contributed by atoms with Crippen molar-refractivity contribution in [3.8, 4) is 5.75 Å². The molecule has 4 aromatic rings. The third-order valence-electron chi connectivity index (χ3n) is 16.3. The molecule has 342 valence electrons. The van der Waals surface area contributed by atoms with Gasteiger partial charge < -0.3 is 34.5 Å². The SMILES string of the molecule is CCC1=C[C@H]2CN(CCc3c([nH]c4ccccc34)[C@@](C(=O)OC)(c3cc4c(cc3OC)N(C)[C@H]3[C@@](O)(CNC(=O)c5ccccc5Cl)[C@H](OC(C)=O)[C@]5(CC)C=CCN6CC[C@]43[C@@H]65)C2)C1. The minimum atomic E-state index is -1.84. The maximum Gasteiger partial charge on any atom is 0.322 e. The molecule has 13 heteroatoms. The molecule has 2 bridgehead atoms. The number of fused-ring (bicyclic) bond motifs is 6. The number of methoxy groups -OCH3 is 2. The number of nitrogens with zero attached hydrogens (tertiary/aromatic N) is 3. The molecule has 1 aliphatic carbocycles. The van der Waals surface area contributed by atoms with Gasteiger partial charge in [-0.25, -0.2) is 0 Å². The van der Waals surface area contributed by atoms with Crippen LogP contribution in [0, 0.1) is 11.3 Å². The highest BCUT2D eigenvalue weighted by Gasteiger charge is 2.78. The Morgan fingerprint density at radius 1 is 1.02 bits per heavy atom. The van der Waals surface area contributed by atoms with E-state index in [-0.39, 0.29) is 35.1 Å². The number of esters is 2. The van der Waals surface area contributed by atoms with Crippen LogP contribution in [0.2, 0.25) is 5.02 Å². The molecule has 9 atom stereocenters. The maximum atomic E-state index is 15.5. The molecule has 1 amide bonds. The van der Waals surface area contributed by atoms with Crippen LogP contribution in [0.1, 0.15) is 79.2 Å². The number of ether oxygens (including phenoxy) is 3. The van der Waals surface area contributed by atoms with E-state index < -0.39 is 45.9 Å². The first-order chi connectivity index (χ1) is 31.3. The fourth-order valence-electron chi connectivity index (χ4n) is 14.0. The molecule has 3 N–H and O–H groups in total. The number of benzene rings is 3. The van der Waals surface area contributed by atoms with Crippen LogP contribution in [0.15, 0.2) is 84.5 Å². The lowest BCUT2D eigenvalue weighted by atomic mass is 9.47. The lowest BCUT2D eigenvalue weighted by Gasteiger charge is -2.64. The van der Waals surface area contributed by atoms with Crippen molar-refractivity contribution in [1.29, 1.82) is 0 Å². The zero-order valence-electron chi connectivity index (χ0n) is 38.2.